The number of fused-ring (bicyclic) bond motifs is 1. The number of allylic oxidation sites excluding steroid dienone is 2. The normalized spacial score (nSPS) is 14.9. The summed E-state index contributed by atoms with van der Waals surface area (Å²) in [6.45, 7) is 5.67. The Hall–Kier alpha value is -0.592. The van der Waals surface area contributed by atoms with Crippen LogP contribution in [0.4, 0.5) is 5.69 Å². The van der Waals surface area contributed by atoms with E-state index in [1.165, 1.54) is 34.8 Å². The summed E-state index contributed by atoms with van der Waals surface area (Å²) >= 11 is 3.23. The molecule has 0 saturated carbocycles. The summed E-state index contributed by atoms with van der Waals surface area (Å²) in [5.41, 5.74) is 2.31. The minimum atomic E-state index is 1.09. The molecular weight excluding hydrogens is 374 g/mol. The molecule has 1 heterocycles. The van der Waals surface area contributed by atoms with E-state index in [1.807, 2.05) is 0 Å². The first-order valence-corrected chi connectivity index (χ1v) is 7.04. The summed E-state index contributed by atoms with van der Waals surface area (Å²) in [7, 11) is 2.05. The Morgan fingerprint density at radius 2 is 2.13 bits per heavy atom. The van der Waals surface area contributed by atoms with Gasteiger partial charge in [0.1, 0.15) is 0 Å². The first kappa shape index (κ1) is 10.9. The van der Waals surface area contributed by atoms with Crippen LogP contribution in [0.5, 0.6) is 0 Å². The molecule has 0 radical (unpaired) electrons. The second-order valence-electron chi connectivity index (χ2n) is 3.16. The average Bonchev–Trinajstić information content (AvgIpc) is 2.29. The van der Waals surface area contributed by atoms with Crippen LogP contribution in [0, 0.1) is 6.58 Å². The molecule has 0 N–H and O–H groups in total. The van der Waals surface area contributed by atoms with Gasteiger partial charge in [-0.15, -0.1) is 0 Å². The number of anilines is 1. The van der Waals surface area contributed by atoms with Gasteiger partial charge in [0.05, 0.1) is 0 Å². The zero-order valence-corrected chi connectivity index (χ0v) is 12.1. The molecule has 0 atom stereocenters. The van der Waals surface area contributed by atoms with Crippen LogP contribution < -0.4 is 4.90 Å². The number of hydrogen-bond acceptors (Lipinski definition) is 2. The Balaban J connectivity index is 2.56. The van der Waals surface area contributed by atoms with Gasteiger partial charge in [0.25, 0.3) is 0 Å². The van der Waals surface area contributed by atoms with Gasteiger partial charge in [-0.05, 0) is 0 Å². The predicted octanol–water partition coefficient (Wildman–Crippen LogP) is 2.78. The molecule has 0 aromatic heterocycles. The summed E-state index contributed by atoms with van der Waals surface area (Å²) in [4.78, 5) is 4.67. The average molecular weight is 384 g/mol. The minimum absolute atomic E-state index is 1.09. The molecule has 1 aliphatic heterocycles. The fraction of sp³-hybridized carbons (Fsp3) is 0.0833. The van der Waals surface area contributed by atoms with Crippen molar-refractivity contribution in [3.8, 4) is 0 Å². The zero-order valence-electron chi connectivity index (χ0n) is 8.31. The van der Waals surface area contributed by atoms with Crippen molar-refractivity contribution in [2.24, 2.45) is 0 Å². The zero-order chi connectivity index (χ0) is 10.8. The number of rotatable bonds is 2. The van der Waals surface area contributed by atoms with Gasteiger partial charge in [0.15, 0.2) is 0 Å². The van der Waals surface area contributed by atoms with Gasteiger partial charge in [-0.2, -0.15) is 0 Å². The summed E-state index contributed by atoms with van der Waals surface area (Å²) < 4.78 is 2.18. The van der Waals surface area contributed by atoms with E-state index >= 15 is 0 Å². The summed E-state index contributed by atoms with van der Waals surface area (Å²) in [6.07, 6.45) is 1.68. The first-order chi connectivity index (χ1) is 7.27. The van der Waals surface area contributed by atoms with E-state index < -0.39 is 0 Å². The van der Waals surface area contributed by atoms with Gasteiger partial charge < -0.3 is 0 Å². The molecule has 0 spiro atoms. The number of para-hydroxylation sites is 1. The van der Waals surface area contributed by atoms with Crippen LogP contribution in [0.25, 0.3) is 0 Å². The van der Waals surface area contributed by atoms with Gasteiger partial charge >= 0.3 is 106 Å². The monoisotopic (exact) mass is 384 g/mol. The molecule has 0 bridgehead atoms. The van der Waals surface area contributed by atoms with Crippen molar-refractivity contribution >= 4 is 21.9 Å². The molecule has 1 aromatic carbocycles. The van der Waals surface area contributed by atoms with Crippen molar-refractivity contribution in [3.05, 3.63) is 47.5 Å². The third-order valence-corrected chi connectivity index (χ3v) is 4.88. The third kappa shape index (κ3) is 1.89. The number of nitrogens with zero attached hydrogens (tertiary/aromatic N) is 1. The molecule has 0 saturated heterocycles. The van der Waals surface area contributed by atoms with E-state index in [9.17, 15) is 0 Å². The molecular formula is C12H10NSW-. The maximum absolute atomic E-state index is 5.67. The topological polar surface area (TPSA) is 3.24 Å². The van der Waals surface area contributed by atoms with Crippen molar-refractivity contribution in [2.75, 3.05) is 11.9 Å². The molecule has 3 heteroatoms. The van der Waals surface area contributed by atoms with Gasteiger partial charge in [-0.1, -0.05) is 0 Å². The van der Waals surface area contributed by atoms with E-state index in [2.05, 4.69) is 40.6 Å². The second kappa shape index (κ2) is 4.50. The van der Waals surface area contributed by atoms with Crippen LogP contribution in [-0.4, -0.2) is 11.4 Å². The predicted molar refractivity (Wildman–Crippen MR) is 62.7 cm³/mol. The summed E-state index contributed by atoms with van der Waals surface area (Å²) in [5, 5.41) is 0. The molecule has 2 rings (SSSR count). The van der Waals surface area contributed by atoms with Crippen LogP contribution in [-0.2, 0) is 19.4 Å². The molecule has 0 unspecified atom stereocenters. The SMILES string of the molecule is [CH-]=CC1=C([CH]=[W])Sc2ccccc2N1C. The van der Waals surface area contributed by atoms with Crippen LogP contribution in [0.15, 0.2) is 45.8 Å². The third-order valence-electron chi connectivity index (χ3n) is 2.33. The van der Waals surface area contributed by atoms with Crippen molar-refractivity contribution in [3.63, 3.8) is 0 Å². The van der Waals surface area contributed by atoms with Crippen molar-refractivity contribution in [1.29, 1.82) is 0 Å². The Kier molecular flexibility index (Phi) is 3.28. The first-order valence-electron chi connectivity index (χ1n) is 4.53. The van der Waals surface area contributed by atoms with Gasteiger partial charge in [0.2, 0.25) is 0 Å². The van der Waals surface area contributed by atoms with Crippen molar-refractivity contribution < 1.29 is 19.4 Å². The van der Waals surface area contributed by atoms with E-state index in [-0.39, 0.29) is 0 Å². The van der Waals surface area contributed by atoms with Crippen molar-refractivity contribution in [2.45, 2.75) is 4.90 Å². The quantitative estimate of drug-likeness (QED) is 0.722. The Morgan fingerprint density at radius 1 is 1.40 bits per heavy atom. The van der Waals surface area contributed by atoms with E-state index in [0.29, 0.717) is 0 Å². The number of benzene rings is 1. The molecule has 1 nitrogen and oxygen atoms in total. The van der Waals surface area contributed by atoms with Gasteiger partial charge in [-0.3, -0.25) is 0 Å². The van der Waals surface area contributed by atoms with Crippen LogP contribution in [0.1, 0.15) is 0 Å². The molecule has 76 valence electrons. The van der Waals surface area contributed by atoms with Crippen molar-refractivity contribution in [1.82, 2.24) is 0 Å². The molecule has 0 fully saturated rings. The van der Waals surface area contributed by atoms with Gasteiger partial charge in [0, 0.05) is 0 Å². The Morgan fingerprint density at radius 3 is 2.80 bits per heavy atom. The fourth-order valence-electron chi connectivity index (χ4n) is 1.56. The van der Waals surface area contributed by atoms with Crippen LogP contribution in [0.3, 0.4) is 0 Å². The maximum atomic E-state index is 5.67. The number of likely N-dealkylation sites (N-methyl/N-ethyl adjacent to an activating group) is 1. The number of hydrogen-bond donors (Lipinski definition) is 0. The summed E-state index contributed by atoms with van der Waals surface area (Å²) in [6, 6.07) is 8.38. The van der Waals surface area contributed by atoms with E-state index in [0.717, 1.165) is 5.70 Å². The second-order valence-corrected chi connectivity index (χ2v) is 5.09. The van der Waals surface area contributed by atoms with Gasteiger partial charge in [-0.25, -0.2) is 0 Å². The van der Waals surface area contributed by atoms with Crippen LogP contribution in [0.2, 0.25) is 0 Å². The molecule has 0 aliphatic carbocycles. The molecule has 0 amide bonds. The molecule has 1 aromatic rings. The fourth-order valence-corrected chi connectivity index (χ4v) is 3.57. The van der Waals surface area contributed by atoms with Crippen LogP contribution >= 0.6 is 11.8 Å². The summed E-state index contributed by atoms with van der Waals surface area (Å²) in [5.74, 6) is 0. The standard InChI is InChI=1S/C12H10NS.W/c1-4-10-9(2)14-12-8-6-5-7-11(12)13(10)3;/h1-2,4-8H,3H3;/q-1;. The Bertz CT molecular complexity index is 451. The van der Waals surface area contributed by atoms with E-state index in [1.54, 1.807) is 17.8 Å². The molecule has 1 aliphatic rings. The number of thioether (sulfide) groups is 1. The van der Waals surface area contributed by atoms with E-state index in [4.69, 9.17) is 6.58 Å². The Labute approximate surface area is 105 Å². The molecule has 15 heavy (non-hydrogen) atoms.